The molecule has 41 heavy (non-hydrogen) atoms. The van der Waals surface area contributed by atoms with Crippen molar-refractivity contribution < 1.29 is 21.9 Å². The molecule has 7 nitrogen and oxygen atoms in total. The monoisotopic (exact) mass is 574 g/mol. The summed E-state index contributed by atoms with van der Waals surface area (Å²) < 4.78 is 59.2. The van der Waals surface area contributed by atoms with E-state index in [0.29, 0.717) is 24.4 Å². The fourth-order valence-electron chi connectivity index (χ4n) is 4.81. The van der Waals surface area contributed by atoms with Crippen LogP contribution in [0.4, 0.5) is 8.78 Å². The van der Waals surface area contributed by atoms with Crippen molar-refractivity contribution in [2.45, 2.75) is 24.2 Å². The van der Waals surface area contributed by atoms with Crippen molar-refractivity contribution in [1.29, 1.82) is 0 Å². The highest BCUT2D eigenvalue weighted by atomic mass is 32.2. The van der Waals surface area contributed by atoms with Crippen molar-refractivity contribution in [1.82, 2.24) is 19.3 Å². The minimum Gasteiger partial charge on any atom is -0.481 e. The topological polar surface area (TPSA) is 77.3 Å². The SMILES string of the molecule is C#CCOc1ccc(S(=O)(=O)n2ncc(CCN3CCC(=C(c4ccc(F)cc4)c4ccc(F)cc4)CC3)n2)cc1. The number of benzene rings is 3. The fraction of sp³-hybridized carbons (Fsp3) is 0.226. The summed E-state index contributed by atoms with van der Waals surface area (Å²) in [6.45, 7) is 2.37. The molecule has 210 valence electrons. The number of hydrogen-bond acceptors (Lipinski definition) is 6. The lowest BCUT2D eigenvalue weighted by Gasteiger charge is -2.30. The van der Waals surface area contributed by atoms with Crippen molar-refractivity contribution in [2.75, 3.05) is 26.2 Å². The van der Waals surface area contributed by atoms with Gasteiger partial charge in [0.25, 0.3) is 10.0 Å². The molecule has 1 aromatic heterocycles. The first-order valence-corrected chi connectivity index (χ1v) is 14.6. The molecular formula is C31H28F2N4O3S. The van der Waals surface area contributed by atoms with Crippen molar-refractivity contribution in [3.63, 3.8) is 0 Å². The second-order valence-corrected chi connectivity index (χ2v) is 11.4. The molecule has 1 saturated heterocycles. The summed E-state index contributed by atoms with van der Waals surface area (Å²) in [5, 5.41) is 8.21. The van der Waals surface area contributed by atoms with E-state index in [1.165, 1.54) is 60.3 Å². The first kappa shape index (κ1) is 28.2. The van der Waals surface area contributed by atoms with E-state index in [9.17, 15) is 17.2 Å². The highest BCUT2D eigenvalue weighted by Crippen LogP contribution is 2.32. The standard InChI is InChI=1S/C31H28F2N4O3S/c1-2-21-40-29-11-13-30(14-12-29)41(38,39)37-34-22-28(35-37)17-20-36-18-15-25(16-19-36)31(23-3-7-26(32)8-4-23)24-5-9-27(33)10-6-24/h1,3-14,22H,15-21H2. The predicted octanol–water partition coefficient (Wildman–Crippen LogP) is 4.95. The molecule has 0 atom stereocenters. The molecule has 1 fully saturated rings. The van der Waals surface area contributed by atoms with Crippen molar-refractivity contribution in [2.24, 2.45) is 0 Å². The summed E-state index contributed by atoms with van der Waals surface area (Å²) in [5.74, 6) is 2.22. The lowest BCUT2D eigenvalue weighted by atomic mass is 9.88. The summed E-state index contributed by atoms with van der Waals surface area (Å²) >= 11 is 0. The third kappa shape index (κ3) is 6.70. The maximum absolute atomic E-state index is 13.6. The lowest BCUT2D eigenvalue weighted by Crippen LogP contribution is -2.33. The van der Waals surface area contributed by atoms with Gasteiger partial charge in [-0.2, -0.15) is 8.42 Å². The first-order valence-electron chi connectivity index (χ1n) is 13.1. The number of ether oxygens (including phenoxy) is 1. The molecule has 1 aliphatic heterocycles. The van der Waals surface area contributed by atoms with Crippen LogP contribution in [0, 0.1) is 24.0 Å². The van der Waals surface area contributed by atoms with Crippen LogP contribution in [0.2, 0.25) is 0 Å². The van der Waals surface area contributed by atoms with Crippen LogP contribution in [-0.2, 0) is 16.4 Å². The second kappa shape index (κ2) is 12.5. The molecule has 10 heteroatoms. The van der Waals surface area contributed by atoms with Crippen LogP contribution in [0.25, 0.3) is 5.57 Å². The zero-order chi connectivity index (χ0) is 28.8. The fourth-order valence-corrected chi connectivity index (χ4v) is 5.86. The van der Waals surface area contributed by atoms with Crippen LogP contribution in [0.1, 0.15) is 29.7 Å². The van der Waals surface area contributed by atoms with Crippen molar-refractivity contribution in [3.8, 4) is 18.1 Å². The van der Waals surface area contributed by atoms with E-state index in [4.69, 9.17) is 11.2 Å². The smallest absolute Gasteiger partial charge is 0.299 e. The van der Waals surface area contributed by atoms with Gasteiger partial charge in [0.15, 0.2) is 0 Å². The summed E-state index contributed by atoms with van der Waals surface area (Å²) in [6.07, 6.45) is 8.78. The van der Waals surface area contributed by atoms with Gasteiger partial charge in [-0.1, -0.05) is 40.0 Å². The highest BCUT2D eigenvalue weighted by molar-refractivity contribution is 7.89. The minimum atomic E-state index is -3.94. The molecular weight excluding hydrogens is 546 g/mol. The normalized spacial score (nSPS) is 14.0. The number of terminal acetylenes is 1. The number of halogens is 2. The number of nitrogens with zero attached hydrogens (tertiary/aromatic N) is 4. The van der Waals surface area contributed by atoms with Gasteiger partial charge in [0, 0.05) is 26.1 Å². The molecule has 3 aromatic carbocycles. The van der Waals surface area contributed by atoms with Gasteiger partial charge in [0.2, 0.25) is 0 Å². The largest absolute Gasteiger partial charge is 0.481 e. The third-order valence-electron chi connectivity index (χ3n) is 6.94. The molecule has 0 unspecified atom stereocenters. The Morgan fingerprint density at radius 3 is 2.05 bits per heavy atom. The van der Waals surface area contributed by atoms with Gasteiger partial charge in [-0.15, -0.1) is 16.6 Å². The van der Waals surface area contributed by atoms with E-state index in [-0.39, 0.29) is 23.1 Å². The zero-order valence-corrected chi connectivity index (χ0v) is 23.0. The molecule has 0 N–H and O–H groups in total. The van der Waals surface area contributed by atoms with Crippen LogP contribution in [0.3, 0.4) is 0 Å². The summed E-state index contributed by atoms with van der Waals surface area (Å²) in [5.41, 5.74) is 4.60. The summed E-state index contributed by atoms with van der Waals surface area (Å²) in [7, 11) is -3.94. The van der Waals surface area contributed by atoms with Crippen LogP contribution in [-0.4, -0.2) is 54.0 Å². The molecule has 0 amide bonds. The van der Waals surface area contributed by atoms with Crippen LogP contribution in [0.15, 0.2) is 89.5 Å². The van der Waals surface area contributed by atoms with Gasteiger partial charge in [0.05, 0.1) is 16.8 Å². The Morgan fingerprint density at radius 1 is 0.902 bits per heavy atom. The average Bonchev–Trinajstić information content (AvgIpc) is 3.48. The number of rotatable bonds is 9. The van der Waals surface area contributed by atoms with E-state index < -0.39 is 10.0 Å². The maximum atomic E-state index is 13.6. The molecule has 2 heterocycles. The average molecular weight is 575 g/mol. The van der Waals surface area contributed by atoms with Gasteiger partial charge in [-0.3, -0.25) is 0 Å². The van der Waals surface area contributed by atoms with Gasteiger partial charge >= 0.3 is 0 Å². The third-order valence-corrected chi connectivity index (χ3v) is 8.42. The van der Waals surface area contributed by atoms with E-state index in [1.807, 2.05) is 0 Å². The highest BCUT2D eigenvalue weighted by Gasteiger charge is 2.22. The Morgan fingerprint density at radius 2 is 1.49 bits per heavy atom. The van der Waals surface area contributed by atoms with Gasteiger partial charge in [0.1, 0.15) is 24.0 Å². The zero-order valence-electron chi connectivity index (χ0n) is 22.2. The van der Waals surface area contributed by atoms with E-state index in [0.717, 1.165) is 46.8 Å². The lowest BCUT2D eigenvalue weighted by molar-refractivity contribution is 0.259. The predicted molar refractivity (Wildman–Crippen MR) is 152 cm³/mol. The Hall–Kier alpha value is -4.33. The Kier molecular flexibility index (Phi) is 8.57. The maximum Gasteiger partial charge on any atom is 0.299 e. The van der Waals surface area contributed by atoms with Crippen molar-refractivity contribution >= 4 is 15.6 Å². The van der Waals surface area contributed by atoms with E-state index >= 15 is 0 Å². The van der Waals surface area contributed by atoms with E-state index in [1.54, 1.807) is 24.3 Å². The van der Waals surface area contributed by atoms with Crippen LogP contribution < -0.4 is 4.74 Å². The molecule has 0 bridgehead atoms. The minimum absolute atomic E-state index is 0.0427. The second-order valence-electron chi connectivity index (χ2n) is 9.61. The van der Waals surface area contributed by atoms with Gasteiger partial charge in [-0.25, -0.2) is 8.78 Å². The van der Waals surface area contributed by atoms with Gasteiger partial charge in [-0.05, 0) is 78.1 Å². The van der Waals surface area contributed by atoms with Crippen LogP contribution in [0.5, 0.6) is 5.75 Å². The first-order chi connectivity index (χ1) is 19.8. The Labute approximate surface area is 238 Å². The molecule has 4 aromatic rings. The molecule has 0 aliphatic carbocycles. The Balaban J connectivity index is 1.23. The number of likely N-dealkylation sites (tertiary alicyclic amines) is 1. The summed E-state index contributed by atoms with van der Waals surface area (Å²) in [6, 6.07) is 18.7. The van der Waals surface area contributed by atoms with Crippen LogP contribution >= 0.6 is 0 Å². The van der Waals surface area contributed by atoms with Gasteiger partial charge < -0.3 is 9.64 Å². The van der Waals surface area contributed by atoms with Crippen molar-refractivity contribution in [3.05, 3.63) is 113 Å². The van der Waals surface area contributed by atoms with E-state index in [2.05, 4.69) is 21.0 Å². The molecule has 1 aliphatic rings. The molecule has 0 saturated carbocycles. The molecule has 0 spiro atoms. The number of aromatic nitrogens is 3. The summed E-state index contributed by atoms with van der Waals surface area (Å²) in [4.78, 5) is 2.33. The molecule has 0 radical (unpaired) electrons. The number of hydrogen-bond donors (Lipinski definition) is 0. The quantitative estimate of drug-likeness (QED) is 0.264. The Bertz CT molecular complexity index is 1620. The number of piperidine rings is 1. The molecule has 5 rings (SSSR count).